The standard InChI is InChI=1S/C27H33N5O3/c1-18-15-24(31-32(18)4)23(16-21-11-7-5-8-12-21)30-26(34)19(2)28-27(35)25(29-20(3)33)17-22-13-9-6-10-14-22/h5-15,19,23,25H,16-17H2,1-4H3,(H,28,35)(H,29,33)(H,30,34)/t19-,23-,25-/m0/s1. The van der Waals surface area contributed by atoms with Crippen molar-refractivity contribution in [1.82, 2.24) is 25.7 Å². The first-order valence-corrected chi connectivity index (χ1v) is 11.7. The third kappa shape index (κ3) is 7.53. The summed E-state index contributed by atoms with van der Waals surface area (Å²) in [6.07, 6.45) is 0.886. The van der Waals surface area contributed by atoms with E-state index < -0.39 is 18.0 Å². The van der Waals surface area contributed by atoms with Crippen molar-refractivity contribution in [2.45, 2.75) is 51.7 Å². The van der Waals surface area contributed by atoms with Crippen molar-refractivity contribution in [2.24, 2.45) is 7.05 Å². The molecular formula is C27H33N5O3. The van der Waals surface area contributed by atoms with Gasteiger partial charge in [0.15, 0.2) is 0 Å². The van der Waals surface area contributed by atoms with Gasteiger partial charge in [-0.15, -0.1) is 0 Å². The first-order valence-electron chi connectivity index (χ1n) is 11.7. The van der Waals surface area contributed by atoms with Crippen LogP contribution in [0.3, 0.4) is 0 Å². The molecule has 0 aliphatic carbocycles. The predicted octanol–water partition coefficient (Wildman–Crippen LogP) is 2.38. The highest BCUT2D eigenvalue weighted by molar-refractivity contribution is 5.91. The van der Waals surface area contributed by atoms with Gasteiger partial charge in [-0.05, 0) is 37.5 Å². The minimum Gasteiger partial charge on any atom is -0.346 e. The highest BCUT2D eigenvalue weighted by Gasteiger charge is 2.26. The number of aryl methyl sites for hydroxylation is 2. The Hall–Kier alpha value is -3.94. The second kappa shape index (κ2) is 12.0. The van der Waals surface area contributed by atoms with Crippen molar-refractivity contribution >= 4 is 17.7 Å². The summed E-state index contributed by atoms with van der Waals surface area (Å²) in [4.78, 5) is 37.8. The Morgan fingerprint density at radius 3 is 1.94 bits per heavy atom. The molecule has 0 saturated heterocycles. The number of rotatable bonds is 10. The fourth-order valence-electron chi connectivity index (χ4n) is 3.82. The Morgan fingerprint density at radius 2 is 1.43 bits per heavy atom. The highest BCUT2D eigenvalue weighted by atomic mass is 16.2. The summed E-state index contributed by atoms with van der Waals surface area (Å²) < 4.78 is 1.77. The van der Waals surface area contributed by atoms with Gasteiger partial charge in [-0.3, -0.25) is 19.1 Å². The molecule has 0 spiro atoms. The Labute approximate surface area is 206 Å². The van der Waals surface area contributed by atoms with Crippen molar-refractivity contribution in [1.29, 1.82) is 0 Å². The molecule has 8 heteroatoms. The Balaban J connectivity index is 1.70. The van der Waals surface area contributed by atoms with Crippen LogP contribution in [0.25, 0.3) is 0 Å². The largest absolute Gasteiger partial charge is 0.346 e. The van der Waals surface area contributed by atoms with E-state index in [-0.39, 0.29) is 17.9 Å². The molecule has 3 amide bonds. The molecule has 3 rings (SSSR count). The Morgan fingerprint density at radius 1 is 0.857 bits per heavy atom. The molecule has 1 heterocycles. The highest BCUT2D eigenvalue weighted by Crippen LogP contribution is 2.18. The van der Waals surface area contributed by atoms with Crippen LogP contribution in [0.4, 0.5) is 0 Å². The van der Waals surface area contributed by atoms with Gasteiger partial charge in [-0.2, -0.15) is 5.10 Å². The lowest BCUT2D eigenvalue weighted by atomic mass is 10.0. The Bertz CT molecular complexity index is 1120. The van der Waals surface area contributed by atoms with Crippen LogP contribution in [0.1, 0.15) is 42.4 Å². The number of aromatic nitrogens is 2. The molecule has 3 N–H and O–H groups in total. The summed E-state index contributed by atoms with van der Waals surface area (Å²) >= 11 is 0. The molecule has 184 valence electrons. The molecular weight excluding hydrogens is 442 g/mol. The van der Waals surface area contributed by atoms with E-state index in [9.17, 15) is 14.4 Å². The van der Waals surface area contributed by atoms with Crippen LogP contribution < -0.4 is 16.0 Å². The fourth-order valence-corrected chi connectivity index (χ4v) is 3.82. The average Bonchev–Trinajstić information content (AvgIpc) is 3.17. The molecule has 0 bridgehead atoms. The van der Waals surface area contributed by atoms with Gasteiger partial charge in [0.25, 0.3) is 0 Å². The van der Waals surface area contributed by atoms with Gasteiger partial charge in [0.1, 0.15) is 12.1 Å². The molecule has 3 atom stereocenters. The molecule has 0 saturated carbocycles. The molecule has 0 aliphatic heterocycles. The van der Waals surface area contributed by atoms with Gasteiger partial charge in [0.05, 0.1) is 11.7 Å². The molecule has 0 fully saturated rings. The van der Waals surface area contributed by atoms with Crippen LogP contribution in [-0.4, -0.2) is 39.6 Å². The lowest BCUT2D eigenvalue weighted by Crippen LogP contribution is -2.53. The third-order valence-corrected chi connectivity index (χ3v) is 5.82. The van der Waals surface area contributed by atoms with Crippen molar-refractivity contribution < 1.29 is 14.4 Å². The van der Waals surface area contributed by atoms with Crippen molar-refractivity contribution in [3.8, 4) is 0 Å². The zero-order valence-corrected chi connectivity index (χ0v) is 20.6. The summed E-state index contributed by atoms with van der Waals surface area (Å²) in [5, 5.41) is 13.0. The summed E-state index contributed by atoms with van der Waals surface area (Å²) in [6, 6.07) is 19.3. The minimum atomic E-state index is -0.808. The summed E-state index contributed by atoms with van der Waals surface area (Å²) in [7, 11) is 1.86. The second-order valence-electron chi connectivity index (χ2n) is 8.76. The van der Waals surface area contributed by atoms with Crippen LogP contribution in [-0.2, 0) is 34.3 Å². The van der Waals surface area contributed by atoms with Crippen LogP contribution in [0, 0.1) is 6.92 Å². The zero-order valence-electron chi connectivity index (χ0n) is 20.6. The molecule has 3 aromatic rings. The number of hydrogen-bond donors (Lipinski definition) is 3. The van der Waals surface area contributed by atoms with Crippen molar-refractivity contribution in [3.63, 3.8) is 0 Å². The van der Waals surface area contributed by atoms with Crippen molar-refractivity contribution in [2.75, 3.05) is 0 Å². The number of nitrogens with zero attached hydrogens (tertiary/aromatic N) is 2. The van der Waals surface area contributed by atoms with Gasteiger partial charge >= 0.3 is 0 Å². The lowest BCUT2D eigenvalue weighted by molar-refractivity contribution is -0.131. The maximum Gasteiger partial charge on any atom is 0.243 e. The Kier molecular flexibility index (Phi) is 8.78. The summed E-state index contributed by atoms with van der Waals surface area (Å²) in [5.74, 6) is -1.06. The van der Waals surface area contributed by atoms with E-state index in [1.54, 1.807) is 11.6 Å². The molecule has 1 aromatic heterocycles. The minimum absolute atomic E-state index is 0.313. The smallest absolute Gasteiger partial charge is 0.243 e. The van der Waals surface area contributed by atoms with Gasteiger partial charge in [-0.25, -0.2) is 0 Å². The monoisotopic (exact) mass is 475 g/mol. The number of carbonyl (C=O) groups excluding carboxylic acids is 3. The summed E-state index contributed by atoms with van der Waals surface area (Å²) in [6.45, 7) is 4.95. The molecule has 35 heavy (non-hydrogen) atoms. The van der Waals surface area contributed by atoms with Gasteiger partial charge in [0, 0.05) is 26.1 Å². The van der Waals surface area contributed by atoms with E-state index in [4.69, 9.17) is 0 Å². The average molecular weight is 476 g/mol. The zero-order chi connectivity index (χ0) is 25.4. The fraction of sp³-hybridized carbons (Fsp3) is 0.333. The SMILES string of the molecule is CC(=O)N[C@@H](Cc1ccccc1)C(=O)N[C@@H](C)C(=O)N[C@@H](Cc1ccccc1)c1cc(C)n(C)n1. The van der Waals surface area contributed by atoms with Crippen LogP contribution in [0.5, 0.6) is 0 Å². The maximum absolute atomic E-state index is 13.1. The number of benzene rings is 2. The molecule has 8 nitrogen and oxygen atoms in total. The van der Waals surface area contributed by atoms with Gasteiger partial charge < -0.3 is 16.0 Å². The van der Waals surface area contributed by atoms with Crippen molar-refractivity contribution in [3.05, 3.63) is 89.2 Å². The molecule has 2 aromatic carbocycles. The van der Waals surface area contributed by atoms with Crippen LogP contribution in [0.15, 0.2) is 66.7 Å². The first kappa shape index (κ1) is 25.7. The van der Waals surface area contributed by atoms with E-state index in [2.05, 4.69) is 21.0 Å². The van der Waals surface area contributed by atoms with Crippen LogP contribution >= 0.6 is 0 Å². The quantitative estimate of drug-likeness (QED) is 0.419. The molecule has 0 radical (unpaired) electrons. The van der Waals surface area contributed by atoms with Gasteiger partial charge in [0.2, 0.25) is 17.7 Å². The molecule has 0 unspecified atom stereocenters. The number of carbonyl (C=O) groups is 3. The van der Waals surface area contributed by atoms with E-state index in [0.29, 0.717) is 12.8 Å². The van der Waals surface area contributed by atoms with E-state index in [1.165, 1.54) is 6.92 Å². The second-order valence-corrected chi connectivity index (χ2v) is 8.76. The van der Waals surface area contributed by atoms with Gasteiger partial charge in [-0.1, -0.05) is 60.7 Å². The first-order chi connectivity index (χ1) is 16.7. The predicted molar refractivity (Wildman–Crippen MR) is 134 cm³/mol. The number of hydrogen-bond acceptors (Lipinski definition) is 4. The maximum atomic E-state index is 13.1. The van der Waals surface area contributed by atoms with E-state index >= 15 is 0 Å². The lowest BCUT2D eigenvalue weighted by Gasteiger charge is -2.23. The van der Waals surface area contributed by atoms with Crippen LogP contribution in [0.2, 0.25) is 0 Å². The van der Waals surface area contributed by atoms with E-state index in [1.807, 2.05) is 80.7 Å². The normalized spacial score (nSPS) is 13.4. The summed E-state index contributed by atoms with van der Waals surface area (Å²) in [5.41, 5.74) is 3.70. The number of nitrogens with one attached hydrogen (secondary N) is 3. The topological polar surface area (TPSA) is 105 Å². The third-order valence-electron chi connectivity index (χ3n) is 5.82. The number of amides is 3. The molecule has 0 aliphatic rings. The van der Waals surface area contributed by atoms with E-state index in [0.717, 1.165) is 22.5 Å².